The Balaban J connectivity index is 1.63. The molecule has 1 aliphatic rings. The van der Waals surface area contributed by atoms with E-state index in [1.165, 1.54) is 0 Å². The zero-order chi connectivity index (χ0) is 20.2. The Labute approximate surface area is 170 Å². The standard InChI is InChI=1S/C24H23N3O2/c1-2-14-27(16-18-10-8-17(15-25)9-11-18)24(28)21-22(19-12-13-19)29-23(26-21)20-6-4-3-5-7-20/h3-11,19H,2,12-14,16H2,1H3. The van der Waals surface area contributed by atoms with Crippen molar-refractivity contribution in [2.24, 2.45) is 0 Å². The minimum Gasteiger partial charge on any atom is -0.440 e. The van der Waals surface area contributed by atoms with Gasteiger partial charge in [-0.3, -0.25) is 4.79 Å². The first-order chi connectivity index (χ1) is 14.2. The largest absolute Gasteiger partial charge is 0.440 e. The quantitative estimate of drug-likeness (QED) is 0.564. The number of hydrogen-bond donors (Lipinski definition) is 0. The van der Waals surface area contributed by atoms with Crippen molar-refractivity contribution in [2.45, 2.75) is 38.6 Å². The van der Waals surface area contributed by atoms with E-state index in [2.05, 4.69) is 18.0 Å². The van der Waals surface area contributed by atoms with Gasteiger partial charge < -0.3 is 9.32 Å². The van der Waals surface area contributed by atoms with Crippen molar-refractivity contribution in [3.63, 3.8) is 0 Å². The van der Waals surface area contributed by atoms with E-state index in [1.807, 2.05) is 47.4 Å². The maximum Gasteiger partial charge on any atom is 0.276 e. The Morgan fingerprint density at radius 1 is 1.17 bits per heavy atom. The van der Waals surface area contributed by atoms with Gasteiger partial charge in [-0.25, -0.2) is 4.98 Å². The average Bonchev–Trinajstić information content (AvgIpc) is 3.52. The van der Waals surface area contributed by atoms with E-state index in [-0.39, 0.29) is 11.8 Å². The molecule has 146 valence electrons. The van der Waals surface area contributed by atoms with Gasteiger partial charge in [0, 0.05) is 24.6 Å². The summed E-state index contributed by atoms with van der Waals surface area (Å²) in [7, 11) is 0. The molecule has 1 aliphatic carbocycles. The molecule has 0 atom stereocenters. The van der Waals surface area contributed by atoms with E-state index in [9.17, 15) is 4.79 Å². The molecule has 5 heteroatoms. The van der Waals surface area contributed by atoms with Gasteiger partial charge in [-0.05, 0) is 49.1 Å². The molecule has 0 saturated heterocycles. The van der Waals surface area contributed by atoms with Gasteiger partial charge in [0.1, 0.15) is 5.76 Å². The molecule has 0 bridgehead atoms. The first-order valence-electron chi connectivity index (χ1n) is 10.0. The van der Waals surface area contributed by atoms with E-state index in [0.717, 1.165) is 36.1 Å². The van der Waals surface area contributed by atoms with Crippen LogP contribution in [-0.2, 0) is 6.54 Å². The zero-order valence-electron chi connectivity index (χ0n) is 16.5. The summed E-state index contributed by atoms with van der Waals surface area (Å²) < 4.78 is 6.06. The van der Waals surface area contributed by atoms with E-state index in [0.29, 0.717) is 30.2 Å². The summed E-state index contributed by atoms with van der Waals surface area (Å²) in [5.74, 6) is 1.42. The Kier molecular flexibility index (Phi) is 5.44. The Bertz CT molecular complexity index is 1030. The summed E-state index contributed by atoms with van der Waals surface area (Å²) in [6.07, 6.45) is 2.92. The number of carbonyl (C=O) groups excluding carboxylic acids is 1. The van der Waals surface area contributed by atoms with Gasteiger partial charge in [-0.2, -0.15) is 5.26 Å². The van der Waals surface area contributed by atoms with Crippen LogP contribution in [0.3, 0.4) is 0 Å². The molecule has 0 radical (unpaired) electrons. The Morgan fingerprint density at radius 3 is 2.52 bits per heavy atom. The van der Waals surface area contributed by atoms with Crippen LogP contribution < -0.4 is 0 Å². The second kappa shape index (κ2) is 8.32. The second-order valence-corrected chi connectivity index (χ2v) is 7.41. The fraction of sp³-hybridized carbons (Fsp3) is 0.292. The number of carbonyl (C=O) groups is 1. The smallest absolute Gasteiger partial charge is 0.276 e. The first kappa shape index (κ1) is 18.9. The van der Waals surface area contributed by atoms with Gasteiger partial charge in [0.2, 0.25) is 5.89 Å². The third-order valence-electron chi connectivity index (χ3n) is 5.06. The van der Waals surface area contributed by atoms with Crippen LogP contribution >= 0.6 is 0 Å². The fourth-order valence-corrected chi connectivity index (χ4v) is 3.39. The van der Waals surface area contributed by atoms with Crippen molar-refractivity contribution in [1.82, 2.24) is 9.88 Å². The van der Waals surface area contributed by atoms with Crippen molar-refractivity contribution >= 4 is 5.91 Å². The molecule has 1 fully saturated rings. The van der Waals surface area contributed by atoms with E-state index in [1.54, 1.807) is 12.1 Å². The molecule has 29 heavy (non-hydrogen) atoms. The number of aromatic nitrogens is 1. The van der Waals surface area contributed by atoms with Crippen molar-refractivity contribution in [3.8, 4) is 17.5 Å². The molecule has 1 saturated carbocycles. The number of rotatable bonds is 7. The third-order valence-corrected chi connectivity index (χ3v) is 5.06. The van der Waals surface area contributed by atoms with Crippen molar-refractivity contribution < 1.29 is 9.21 Å². The fourth-order valence-electron chi connectivity index (χ4n) is 3.39. The van der Waals surface area contributed by atoms with Crippen molar-refractivity contribution in [3.05, 3.63) is 77.2 Å². The highest BCUT2D eigenvalue weighted by Gasteiger charge is 2.35. The molecule has 2 aromatic carbocycles. The second-order valence-electron chi connectivity index (χ2n) is 7.41. The lowest BCUT2D eigenvalue weighted by Gasteiger charge is -2.21. The predicted molar refractivity (Wildman–Crippen MR) is 110 cm³/mol. The SMILES string of the molecule is CCCN(Cc1ccc(C#N)cc1)C(=O)c1nc(-c2ccccc2)oc1C1CC1. The van der Waals surface area contributed by atoms with Crippen LogP contribution in [0.4, 0.5) is 0 Å². The van der Waals surface area contributed by atoms with Crippen molar-refractivity contribution in [2.75, 3.05) is 6.54 Å². The summed E-state index contributed by atoms with van der Waals surface area (Å²) in [4.78, 5) is 19.8. The van der Waals surface area contributed by atoms with Crippen LogP contribution in [-0.4, -0.2) is 22.3 Å². The molecule has 1 heterocycles. The lowest BCUT2D eigenvalue weighted by atomic mass is 10.1. The number of nitriles is 1. The predicted octanol–water partition coefficient (Wildman–Crippen LogP) is 5.14. The monoisotopic (exact) mass is 385 g/mol. The minimum absolute atomic E-state index is 0.0935. The van der Waals surface area contributed by atoms with Crippen LogP contribution in [0.2, 0.25) is 0 Å². The van der Waals surface area contributed by atoms with Gasteiger partial charge in [0.05, 0.1) is 11.6 Å². The van der Waals surface area contributed by atoms with Crippen LogP contribution in [0.1, 0.15) is 59.5 Å². The summed E-state index contributed by atoms with van der Waals surface area (Å²) in [5, 5.41) is 8.98. The van der Waals surface area contributed by atoms with Crippen LogP contribution in [0.5, 0.6) is 0 Å². The van der Waals surface area contributed by atoms with Crippen LogP contribution in [0.15, 0.2) is 59.0 Å². The van der Waals surface area contributed by atoms with Gasteiger partial charge in [-0.15, -0.1) is 0 Å². The van der Waals surface area contributed by atoms with Gasteiger partial charge >= 0.3 is 0 Å². The summed E-state index contributed by atoms with van der Waals surface area (Å²) in [5.41, 5.74) is 2.92. The average molecular weight is 385 g/mol. The third kappa shape index (κ3) is 4.22. The maximum atomic E-state index is 13.4. The van der Waals surface area contributed by atoms with Gasteiger partial charge in [0.15, 0.2) is 5.69 Å². The number of amides is 1. The number of benzene rings is 2. The molecule has 5 nitrogen and oxygen atoms in total. The lowest BCUT2D eigenvalue weighted by Crippen LogP contribution is -2.32. The topological polar surface area (TPSA) is 70.1 Å². The molecule has 0 spiro atoms. The molecule has 3 aromatic rings. The highest BCUT2D eigenvalue weighted by atomic mass is 16.4. The maximum absolute atomic E-state index is 13.4. The minimum atomic E-state index is -0.0935. The number of nitrogens with zero attached hydrogens (tertiary/aromatic N) is 3. The Morgan fingerprint density at radius 2 is 1.90 bits per heavy atom. The van der Waals surface area contributed by atoms with E-state index < -0.39 is 0 Å². The van der Waals surface area contributed by atoms with Crippen molar-refractivity contribution in [1.29, 1.82) is 5.26 Å². The van der Waals surface area contributed by atoms with Gasteiger partial charge in [-0.1, -0.05) is 37.3 Å². The zero-order valence-corrected chi connectivity index (χ0v) is 16.5. The van der Waals surface area contributed by atoms with Gasteiger partial charge in [0.25, 0.3) is 5.91 Å². The molecule has 0 N–H and O–H groups in total. The lowest BCUT2D eigenvalue weighted by molar-refractivity contribution is 0.0735. The molecule has 4 rings (SSSR count). The first-order valence-corrected chi connectivity index (χ1v) is 10.0. The molecule has 0 aliphatic heterocycles. The Hall–Kier alpha value is -3.39. The van der Waals surface area contributed by atoms with Crippen LogP contribution in [0.25, 0.3) is 11.5 Å². The highest BCUT2D eigenvalue weighted by Crippen LogP contribution is 2.43. The highest BCUT2D eigenvalue weighted by molar-refractivity contribution is 5.94. The van der Waals surface area contributed by atoms with E-state index >= 15 is 0 Å². The number of hydrogen-bond acceptors (Lipinski definition) is 4. The molecular formula is C24H23N3O2. The summed E-state index contributed by atoms with van der Waals surface area (Å²) in [6.45, 7) is 3.17. The summed E-state index contributed by atoms with van der Waals surface area (Å²) >= 11 is 0. The summed E-state index contributed by atoms with van der Waals surface area (Å²) in [6, 6.07) is 19.2. The molecule has 1 amide bonds. The molecular weight excluding hydrogens is 362 g/mol. The normalized spacial score (nSPS) is 13.1. The van der Waals surface area contributed by atoms with E-state index in [4.69, 9.17) is 9.68 Å². The molecule has 1 aromatic heterocycles. The number of oxazole rings is 1. The van der Waals surface area contributed by atoms with Crippen LogP contribution in [0, 0.1) is 11.3 Å². The molecule has 0 unspecified atom stereocenters.